The summed E-state index contributed by atoms with van der Waals surface area (Å²) in [6.07, 6.45) is 0. The van der Waals surface area contributed by atoms with Gasteiger partial charge in [-0.3, -0.25) is 0 Å². The van der Waals surface area contributed by atoms with Gasteiger partial charge in [-0.25, -0.2) is 0 Å². The van der Waals surface area contributed by atoms with Crippen molar-refractivity contribution in [2.24, 2.45) is 0 Å². The van der Waals surface area contributed by atoms with Crippen molar-refractivity contribution in [3.63, 3.8) is 0 Å². The number of rotatable bonds is 0. The predicted octanol–water partition coefficient (Wildman–Crippen LogP) is -15.4. The van der Waals surface area contributed by atoms with Gasteiger partial charge in [-0.1, -0.05) is 0 Å². The van der Waals surface area contributed by atoms with Gasteiger partial charge >= 0.3 is 27.9 Å². The second-order valence-electron chi connectivity index (χ2n) is 0. The van der Waals surface area contributed by atoms with Crippen LogP contribution in [0.2, 0.25) is 0 Å². The second kappa shape index (κ2) is 90.7. The van der Waals surface area contributed by atoms with E-state index < -0.39 is 0 Å². The molecule has 0 unspecified atom stereocenters. The van der Waals surface area contributed by atoms with Crippen LogP contribution in [0.25, 0.3) is 0 Å². The summed E-state index contributed by atoms with van der Waals surface area (Å²) < 4.78 is 0. The summed E-state index contributed by atoms with van der Waals surface area (Å²) in [5.41, 5.74) is 0. The van der Waals surface area contributed by atoms with Crippen LogP contribution in [0.1, 0.15) is 0 Å². The molecule has 0 saturated heterocycles. The fourth-order valence-electron chi connectivity index (χ4n) is 0. The maximum atomic E-state index is 0. The van der Waals surface area contributed by atoms with Crippen molar-refractivity contribution in [3.8, 4) is 0 Å². The average Bonchev–Trinajstić information content (AvgIpc) is 0. The van der Waals surface area contributed by atoms with Gasteiger partial charge in [0.25, 0.3) is 0 Å². The van der Waals surface area contributed by atoms with E-state index >= 15 is 0 Å². The van der Waals surface area contributed by atoms with Crippen LogP contribution in [0, 0.1) is 0 Å². The molecule has 0 spiro atoms. The van der Waals surface area contributed by atoms with E-state index in [1.54, 1.807) is 0 Å². The molecule has 0 aromatic carbocycles. The van der Waals surface area contributed by atoms with Gasteiger partial charge in [0.1, 0.15) is 0 Å². The van der Waals surface area contributed by atoms with Gasteiger partial charge in [-0.2, -0.15) is 0 Å². The van der Waals surface area contributed by atoms with E-state index in [9.17, 15) is 0 Å². The van der Waals surface area contributed by atoms with Crippen LogP contribution in [0.4, 0.5) is 0 Å². The van der Waals surface area contributed by atoms with Crippen molar-refractivity contribution in [2.45, 2.75) is 0 Å². The minimum absolute atomic E-state index is 0. The molecule has 0 N–H and O–H groups in total. The summed E-state index contributed by atoms with van der Waals surface area (Å²) in [6.45, 7) is 0. The summed E-state index contributed by atoms with van der Waals surface area (Å²) in [6, 6.07) is 0. The fraction of sp³-hybridized carbons (Fsp3) is 0. The van der Waals surface area contributed by atoms with E-state index in [2.05, 4.69) is 0 Å². The Bertz CT molecular complexity index is 8.04. The van der Waals surface area contributed by atoms with Crippen molar-refractivity contribution in [1.82, 2.24) is 0 Å². The van der Waals surface area contributed by atoms with E-state index in [4.69, 9.17) is 0 Å². The molecular weight excluding hydrogens is 253 g/mol. The van der Waals surface area contributed by atoms with E-state index in [-0.39, 0.29) is 89.9 Å². The average molecular weight is 253 g/mol. The molecule has 0 nitrogen and oxygen atoms in total. The van der Waals surface area contributed by atoms with Gasteiger partial charge in [0.05, 0.1) is 0 Å². The van der Waals surface area contributed by atoms with E-state index in [0.717, 1.165) is 0 Å². The molecule has 0 aliphatic carbocycles. The van der Waals surface area contributed by atoms with Crippen LogP contribution < -0.4 is 62.0 Å². The Morgan fingerprint density at radius 3 is 0.429 bits per heavy atom. The molecule has 0 bridgehead atoms. The topological polar surface area (TPSA) is 0 Å². The van der Waals surface area contributed by atoms with E-state index in [1.165, 1.54) is 0 Å². The van der Waals surface area contributed by atoms with Crippen LogP contribution in [-0.2, 0) is 19.5 Å². The van der Waals surface area contributed by atoms with Crippen molar-refractivity contribution in [3.05, 3.63) is 0 Å². The number of halogens is 5. The molecule has 7 heteroatoms. The van der Waals surface area contributed by atoms with Crippen molar-refractivity contribution in [2.75, 3.05) is 0 Å². The number of hydrogen-bond acceptors (Lipinski definition) is 0. The van der Waals surface area contributed by atoms with Gasteiger partial charge < -0.3 is 62.0 Å². The zero-order valence-electron chi connectivity index (χ0n) is 3.17. The van der Waals surface area contributed by atoms with Crippen LogP contribution in [0.15, 0.2) is 0 Å². The Balaban J connectivity index is 0. The molecule has 7 heavy (non-hydrogen) atoms. The summed E-state index contributed by atoms with van der Waals surface area (Å²) in [5, 5.41) is 0. The standard InChI is InChI=1S/B.5ClH.Zn/h;5*1H;/q+3;;;;;;+2/p-5. The van der Waals surface area contributed by atoms with Crippen LogP contribution in [-0.4, -0.2) is 8.41 Å². The third-order valence-corrected chi connectivity index (χ3v) is 0. The Morgan fingerprint density at radius 1 is 0.429 bits per heavy atom. The first-order valence-electron chi connectivity index (χ1n) is 0. The van der Waals surface area contributed by atoms with E-state index in [1.807, 2.05) is 0 Å². The first kappa shape index (κ1) is 132. The Hall–Kier alpha value is 2.14. The summed E-state index contributed by atoms with van der Waals surface area (Å²) in [5.74, 6) is 0. The quantitative estimate of drug-likeness (QED) is 0.376. The van der Waals surface area contributed by atoms with Crippen molar-refractivity contribution in [1.29, 1.82) is 0 Å². The largest absolute Gasteiger partial charge is 3.00 e. The zero-order chi connectivity index (χ0) is 0. The van der Waals surface area contributed by atoms with Gasteiger partial charge in [0.15, 0.2) is 0 Å². The Morgan fingerprint density at radius 2 is 0.429 bits per heavy atom. The molecule has 0 rings (SSSR count). The fourth-order valence-corrected chi connectivity index (χ4v) is 0. The Labute approximate surface area is 89.3 Å². The normalized spacial score (nSPS) is 0. The molecule has 0 heterocycles. The molecular formula is BCl5Zn. The maximum Gasteiger partial charge on any atom is 3.00 e. The van der Waals surface area contributed by atoms with Crippen LogP contribution in [0.3, 0.4) is 0 Å². The molecule has 0 radical (unpaired) electrons. The molecule has 0 atom stereocenters. The zero-order valence-corrected chi connectivity index (χ0v) is 9.92. The first-order chi connectivity index (χ1) is 0. The third-order valence-electron chi connectivity index (χ3n) is 0. The molecule has 0 aromatic rings. The van der Waals surface area contributed by atoms with Crippen molar-refractivity contribution >= 4 is 8.41 Å². The van der Waals surface area contributed by atoms with Crippen LogP contribution >= 0.6 is 0 Å². The molecule has 0 fully saturated rings. The molecule has 0 aromatic heterocycles. The minimum atomic E-state index is 0. The number of hydrogen-bond donors (Lipinski definition) is 0. The summed E-state index contributed by atoms with van der Waals surface area (Å²) in [4.78, 5) is 0. The van der Waals surface area contributed by atoms with Gasteiger partial charge in [0, 0.05) is 0 Å². The smallest absolute Gasteiger partial charge is 1.00 e. The van der Waals surface area contributed by atoms with Gasteiger partial charge in [-0.15, -0.1) is 0 Å². The molecule has 0 aliphatic rings. The third kappa shape index (κ3) is 67.1. The predicted molar refractivity (Wildman–Crippen MR) is 5.75 cm³/mol. The Kier molecular flexibility index (Phi) is 1720. The van der Waals surface area contributed by atoms with E-state index in [0.29, 0.717) is 0 Å². The monoisotopic (exact) mass is 250 g/mol. The van der Waals surface area contributed by atoms with Crippen molar-refractivity contribution < 1.29 is 81.5 Å². The molecule has 0 aliphatic heterocycles. The van der Waals surface area contributed by atoms with Crippen LogP contribution in [0.5, 0.6) is 0 Å². The summed E-state index contributed by atoms with van der Waals surface area (Å²) in [7, 11) is 0. The second-order valence-corrected chi connectivity index (χ2v) is 0. The van der Waals surface area contributed by atoms with Gasteiger partial charge in [-0.05, 0) is 0 Å². The molecule has 40 valence electrons. The summed E-state index contributed by atoms with van der Waals surface area (Å²) >= 11 is 0. The minimum Gasteiger partial charge on any atom is -1.00 e. The first-order valence-corrected chi connectivity index (χ1v) is 0. The SMILES string of the molecule is [B+3].[Cl-].[Cl-].[Cl-].[Cl-].[Cl-].[Zn+2]. The maximum absolute atomic E-state index is 0. The van der Waals surface area contributed by atoms with Gasteiger partial charge in [0.2, 0.25) is 0 Å². The molecule has 0 saturated carbocycles. The molecule has 0 amide bonds.